The van der Waals surface area contributed by atoms with Gasteiger partial charge >= 0.3 is 5.97 Å². The Morgan fingerprint density at radius 3 is 2.69 bits per heavy atom. The van der Waals surface area contributed by atoms with E-state index in [4.69, 9.17) is 4.84 Å². The molecule has 1 saturated heterocycles. The van der Waals surface area contributed by atoms with Crippen molar-refractivity contribution < 1.29 is 14.7 Å². The van der Waals surface area contributed by atoms with Crippen LogP contribution in [-0.4, -0.2) is 47.9 Å². The summed E-state index contributed by atoms with van der Waals surface area (Å²) in [5.41, 5.74) is 4.76. The lowest BCUT2D eigenvalue weighted by molar-refractivity contribution is -0.143. The van der Waals surface area contributed by atoms with Gasteiger partial charge in [0.2, 0.25) is 0 Å². The zero-order chi connectivity index (χ0) is 19.3. The lowest BCUT2D eigenvalue weighted by Gasteiger charge is -2.29. The third kappa shape index (κ3) is 4.98. The molecule has 1 N–H and O–H groups in total. The molecule has 0 amide bonds. The number of carbonyl (C=O) groups is 1. The van der Waals surface area contributed by atoms with Crippen molar-refractivity contribution in [3.05, 3.63) is 71.3 Å². The monoisotopic (exact) mass is 414 g/mol. The summed E-state index contributed by atoms with van der Waals surface area (Å²) in [7, 11) is 0. The Morgan fingerprint density at radius 1 is 1.14 bits per heavy atom. The van der Waals surface area contributed by atoms with Gasteiger partial charge in [0.1, 0.15) is 6.61 Å². The highest BCUT2D eigenvalue weighted by Crippen LogP contribution is 2.38. The Morgan fingerprint density at radius 2 is 1.90 bits per heavy atom. The number of likely N-dealkylation sites (tertiary alicyclic amines) is 1. The molecule has 1 aliphatic carbocycles. The van der Waals surface area contributed by atoms with E-state index in [-0.39, 0.29) is 18.3 Å². The molecule has 4 rings (SSSR count). The molecular weight excluding hydrogens is 388 g/mol. The zero-order valence-electron chi connectivity index (χ0n) is 16.4. The number of halogens is 1. The molecule has 0 spiro atoms. The van der Waals surface area contributed by atoms with Crippen LogP contribution < -0.4 is 0 Å². The van der Waals surface area contributed by atoms with Crippen molar-refractivity contribution in [3.8, 4) is 0 Å². The Labute approximate surface area is 177 Å². The maximum Gasteiger partial charge on any atom is 0.307 e. The van der Waals surface area contributed by atoms with Gasteiger partial charge in [-0.1, -0.05) is 59.8 Å². The highest BCUT2D eigenvalue weighted by atomic mass is 35.5. The normalized spacial score (nSPS) is 22.7. The smallest absolute Gasteiger partial charge is 0.307 e. The highest BCUT2D eigenvalue weighted by molar-refractivity contribution is 6.05. The van der Waals surface area contributed by atoms with E-state index in [1.807, 2.05) is 12.1 Å². The van der Waals surface area contributed by atoms with E-state index in [0.717, 1.165) is 31.5 Å². The number of nitrogens with zero attached hydrogens (tertiary/aromatic N) is 2. The molecule has 5 nitrogen and oxygen atoms in total. The van der Waals surface area contributed by atoms with Crippen LogP contribution in [0.3, 0.4) is 0 Å². The van der Waals surface area contributed by atoms with Crippen LogP contribution in [0.15, 0.2) is 59.8 Å². The first-order valence-electron chi connectivity index (χ1n) is 10.0. The zero-order valence-corrected chi connectivity index (χ0v) is 17.2. The van der Waals surface area contributed by atoms with Crippen molar-refractivity contribution in [3.63, 3.8) is 0 Å². The lowest BCUT2D eigenvalue weighted by atomic mass is 9.93. The van der Waals surface area contributed by atoms with Crippen molar-refractivity contribution in [1.82, 2.24) is 4.90 Å². The molecule has 6 heteroatoms. The molecule has 1 unspecified atom stereocenters. The average Bonchev–Trinajstić information content (AvgIpc) is 3.11. The van der Waals surface area contributed by atoms with E-state index in [0.29, 0.717) is 25.6 Å². The van der Waals surface area contributed by atoms with E-state index >= 15 is 0 Å². The SMILES string of the molecule is Cl.O=C(O)[C@@H]1CCCN(CCON=C2CC(c3ccccc3)c3ccccc32)C1. The predicted octanol–water partition coefficient (Wildman–Crippen LogP) is 4.16. The third-order valence-corrected chi connectivity index (χ3v) is 5.77. The van der Waals surface area contributed by atoms with Crippen LogP contribution in [0.2, 0.25) is 0 Å². The summed E-state index contributed by atoms with van der Waals surface area (Å²) in [5.74, 6) is -0.632. The summed E-state index contributed by atoms with van der Waals surface area (Å²) in [6.07, 6.45) is 2.54. The minimum Gasteiger partial charge on any atom is -0.481 e. The standard InChI is InChI=1S/C23H26N2O3.ClH/c26-23(27)18-9-6-12-25(16-18)13-14-28-24-22-15-21(17-7-2-1-3-8-17)19-10-4-5-11-20(19)22;/h1-5,7-8,10-11,18,21H,6,9,12-16H2,(H,26,27);1H/t18-,21?;/m1./s1. The van der Waals surface area contributed by atoms with Crippen molar-refractivity contribution in [1.29, 1.82) is 0 Å². The van der Waals surface area contributed by atoms with Gasteiger partial charge < -0.3 is 9.94 Å². The molecule has 1 aliphatic heterocycles. The Bertz CT molecular complexity index is 856. The summed E-state index contributed by atoms with van der Waals surface area (Å²) < 4.78 is 0. The highest BCUT2D eigenvalue weighted by Gasteiger charge is 2.29. The second kappa shape index (κ2) is 9.90. The molecule has 29 heavy (non-hydrogen) atoms. The summed E-state index contributed by atoms with van der Waals surface area (Å²) in [4.78, 5) is 19.0. The molecule has 154 valence electrons. The Hall–Kier alpha value is -2.37. The van der Waals surface area contributed by atoms with Gasteiger partial charge in [0.05, 0.1) is 11.6 Å². The molecule has 1 heterocycles. The fourth-order valence-electron chi connectivity index (χ4n) is 4.30. The number of hydrogen-bond donors (Lipinski definition) is 1. The minimum atomic E-state index is -0.694. The molecule has 0 radical (unpaired) electrons. The maximum atomic E-state index is 11.2. The number of aliphatic carboxylic acids is 1. The molecule has 0 aromatic heterocycles. The number of carboxylic acid groups (broad SMARTS) is 1. The fourth-order valence-corrected chi connectivity index (χ4v) is 4.30. The van der Waals surface area contributed by atoms with E-state index in [2.05, 4.69) is 52.5 Å². The van der Waals surface area contributed by atoms with Gasteiger partial charge in [-0.2, -0.15) is 0 Å². The number of hydrogen-bond acceptors (Lipinski definition) is 4. The molecule has 1 fully saturated rings. The van der Waals surface area contributed by atoms with Crippen LogP contribution in [0.4, 0.5) is 0 Å². The average molecular weight is 415 g/mol. The molecule has 2 atom stereocenters. The topological polar surface area (TPSA) is 62.1 Å². The molecule has 0 saturated carbocycles. The van der Waals surface area contributed by atoms with Crippen LogP contribution >= 0.6 is 12.4 Å². The number of oxime groups is 1. The van der Waals surface area contributed by atoms with Crippen LogP contribution in [0, 0.1) is 5.92 Å². The van der Waals surface area contributed by atoms with Crippen molar-refractivity contribution in [2.45, 2.75) is 25.2 Å². The number of fused-ring (bicyclic) bond motifs is 1. The quantitative estimate of drug-likeness (QED) is 0.569. The maximum absolute atomic E-state index is 11.2. The van der Waals surface area contributed by atoms with Gasteiger partial charge in [0.15, 0.2) is 0 Å². The van der Waals surface area contributed by atoms with Gasteiger partial charge in [-0.3, -0.25) is 9.69 Å². The van der Waals surface area contributed by atoms with Crippen LogP contribution in [0.5, 0.6) is 0 Å². The van der Waals surface area contributed by atoms with Crippen molar-refractivity contribution in [2.24, 2.45) is 11.1 Å². The fraction of sp³-hybridized carbons (Fsp3) is 0.391. The Balaban J connectivity index is 0.00000240. The Kier molecular flexibility index (Phi) is 7.29. The number of benzene rings is 2. The third-order valence-electron chi connectivity index (χ3n) is 5.77. The second-order valence-electron chi connectivity index (χ2n) is 7.60. The van der Waals surface area contributed by atoms with Crippen molar-refractivity contribution in [2.75, 3.05) is 26.2 Å². The molecule has 0 bridgehead atoms. The first kappa shape index (κ1) is 21.3. The van der Waals surface area contributed by atoms with E-state index < -0.39 is 5.97 Å². The van der Waals surface area contributed by atoms with Gasteiger partial charge in [0, 0.05) is 31.0 Å². The first-order valence-corrected chi connectivity index (χ1v) is 10.0. The van der Waals surface area contributed by atoms with E-state index in [9.17, 15) is 9.90 Å². The summed E-state index contributed by atoms with van der Waals surface area (Å²) in [6.45, 7) is 2.73. The van der Waals surface area contributed by atoms with Gasteiger partial charge in [-0.15, -0.1) is 12.4 Å². The van der Waals surface area contributed by atoms with Gasteiger partial charge in [-0.05, 0) is 30.5 Å². The summed E-state index contributed by atoms with van der Waals surface area (Å²) in [5, 5.41) is 13.7. The van der Waals surface area contributed by atoms with Crippen LogP contribution in [0.1, 0.15) is 41.9 Å². The predicted molar refractivity (Wildman–Crippen MR) is 116 cm³/mol. The van der Waals surface area contributed by atoms with Crippen molar-refractivity contribution >= 4 is 24.1 Å². The second-order valence-corrected chi connectivity index (χ2v) is 7.60. The van der Waals surface area contributed by atoms with Crippen LogP contribution in [0.25, 0.3) is 0 Å². The number of piperidine rings is 1. The first-order chi connectivity index (χ1) is 13.7. The van der Waals surface area contributed by atoms with Gasteiger partial charge in [0.25, 0.3) is 0 Å². The van der Waals surface area contributed by atoms with Gasteiger partial charge in [-0.25, -0.2) is 0 Å². The number of carboxylic acids is 1. The lowest BCUT2D eigenvalue weighted by Crippen LogP contribution is -2.40. The largest absolute Gasteiger partial charge is 0.481 e. The van der Waals surface area contributed by atoms with E-state index in [1.54, 1.807) is 0 Å². The molecule has 2 aliphatic rings. The molecule has 2 aromatic carbocycles. The van der Waals surface area contributed by atoms with Crippen LogP contribution in [-0.2, 0) is 9.63 Å². The summed E-state index contributed by atoms with van der Waals surface area (Å²) in [6, 6.07) is 18.9. The minimum absolute atomic E-state index is 0. The number of rotatable bonds is 6. The molecular formula is C23H27ClN2O3. The summed E-state index contributed by atoms with van der Waals surface area (Å²) >= 11 is 0. The molecule has 2 aromatic rings. The van der Waals surface area contributed by atoms with E-state index in [1.165, 1.54) is 16.7 Å².